The minimum atomic E-state index is -1.01. The highest BCUT2D eigenvalue weighted by Crippen LogP contribution is 2.20. The molecule has 2 atom stereocenters. The number of nitrogens with one attached hydrogen (secondary N) is 1. The molecule has 0 aromatic heterocycles. The number of rotatable bonds is 5. The lowest BCUT2D eigenvalue weighted by Crippen LogP contribution is -2.55. The van der Waals surface area contributed by atoms with Crippen molar-refractivity contribution in [1.29, 1.82) is 0 Å². The van der Waals surface area contributed by atoms with Gasteiger partial charge in [-0.15, -0.1) is 0 Å². The topological polar surface area (TPSA) is 78.9 Å². The number of urea groups is 1. The van der Waals surface area contributed by atoms with E-state index >= 15 is 0 Å². The van der Waals surface area contributed by atoms with E-state index in [1.54, 1.807) is 25.7 Å². The third-order valence-electron chi connectivity index (χ3n) is 3.60. The summed E-state index contributed by atoms with van der Waals surface area (Å²) < 4.78 is 5.69. The summed E-state index contributed by atoms with van der Waals surface area (Å²) in [5.74, 6) is -1.01. The number of piperidine rings is 1. The van der Waals surface area contributed by atoms with Crippen LogP contribution in [0.3, 0.4) is 0 Å². The lowest BCUT2D eigenvalue weighted by molar-refractivity contribution is -0.142. The van der Waals surface area contributed by atoms with Gasteiger partial charge in [-0.3, -0.25) is 0 Å². The number of carboxylic acids is 1. The molecule has 1 heterocycles. The molecule has 1 saturated heterocycles. The maximum atomic E-state index is 12.3. The number of likely N-dealkylation sites (tertiary alicyclic amines) is 1. The number of ether oxygens (including phenoxy) is 1. The highest BCUT2D eigenvalue weighted by atomic mass is 16.5. The Balaban J connectivity index is 2.59. The van der Waals surface area contributed by atoms with Crippen LogP contribution < -0.4 is 5.32 Å². The van der Waals surface area contributed by atoms with Gasteiger partial charge >= 0.3 is 12.0 Å². The lowest BCUT2D eigenvalue weighted by atomic mass is 9.87. The lowest BCUT2D eigenvalue weighted by Gasteiger charge is -2.35. The first kappa shape index (κ1) is 17.8. The smallest absolute Gasteiger partial charge is 0.326 e. The van der Waals surface area contributed by atoms with Crippen LogP contribution in [0.15, 0.2) is 0 Å². The van der Waals surface area contributed by atoms with Crippen molar-refractivity contribution in [3.8, 4) is 0 Å². The molecule has 1 rings (SSSR count). The predicted octanol–water partition coefficient (Wildman–Crippen LogP) is 2.09. The Hall–Kier alpha value is -1.30. The normalized spacial score (nSPS) is 21.0. The number of nitrogens with zero attached hydrogens (tertiary/aromatic N) is 1. The van der Waals surface area contributed by atoms with Crippen LogP contribution in [0.25, 0.3) is 0 Å². The summed E-state index contributed by atoms with van der Waals surface area (Å²) in [4.78, 5) is 25.2. The van der Waals surface area contributed by atoms with Gasteiger partial charge in [0.05, 0.1) is 6.10 Å². The molecule has 0 aromatic rings. The van der Waals surface area contributed by atoms with Crippen LogP contribution in [-0.4, -0.2) is 53.8 Å². The molecule has 2 unspecified atom stereocenters. The summed E-state index contributed by atoms with van der Waals surface area (Å²) in [6, 6.07) is -1.22. The van der Waals surface area contributed by atoms with Gasteiger partial charge < -0.3 is 20.1 Å². The average molecular weight is 300 g/mol. The number of hydrogen-bond acceptors (Lipinski definition) is 3. The predicted molar refractivity (Wildman–Crippen MR) is 80.2 cm³/mol. The fourth-order valence-corrected chi connectivity index (χ4v) is 2.41. The van der Waals surface area contributed by atoms with Gasteiger partial charge in [0.15, 0.2) is 0 Å². The summed E-state index contributed by atoms with van der Waals surface area (Å²) in [7, 11) is 0. The maximum absolute atomic E-state index is 12.3. The summed E-state index contributed by atoms with van der Waals surface area (Å²) >= 11 is 0. The molecule has 0 aromatic carbocycles. The van der Waals surface area contributed by atoms with Gasteiger partial charge in [0.2, 0.25) is 0 Å². The van der Waals surface area contributed by atoms with E-state index in [1.165, 1.54) is 0 Å². The molecule has 1 aliphatic rings. The minimum absolute atomic E-state index is 0.0577. The van der Waals surface area contributed by atoms with E-state index in [9.17, 15) is 14.7 Å². The molecule has 0 bridgehead atoms. The SMILES string of the molecule is CCCOC1CCCN(C(=O)NC(C(=O)O)C(C)(C)C)C1. The van der Waals surface area contributed by atoms with Crippen LogP contribution in [0.2, 0.25) is 0 Å². The Morgan fingerprint density at radius 3 is 2.62 bits per heavy atom. The average Bonchev–Trinajstić information content (AvgIpc) is 2.40. The van der Waals surface area contributed by atoms with Crippen molar-refractivity contribution in [1.82, 2.24) is 10.2 Å². The van der Waals surface area contributed by atoms with Gasteiger partial charge in [-0.05, 0) is 24.7 Å². The summed E-state index contributed by atoms with van der Waals surface area (Å²) in [5, 5.41) is 11.9. The Morgan fingerprint density at radius 1 is 1.43 bits per heavy atom. The van der Waals surface area contributed by atoms with Crippen molar-refractivity contribution in [3.63, 3.8) is 0 Å². The highest BCUT2D eigenvalue weighted by molar-refractivity contribution is 5.83. The Kier molecular flexibility index (Phi) is 6.45. The molecule has 0 aliphatic carbocycles. The second-order valence-corrected chi connectivity index (χ2v) is 6.67. The minimum Gasteiger partial charge on any atom is -0.480 e. The number of amides is 2. The van der Waals surface area contributed by atoms with Crippen molar-refractivity contribution in [2.75, 3.05) is 19.7 Å². The third kappa shape index (κ3) is 5.53. The molecule has 0 radical (unpaired) electrons. The molecule has 21 heavy (non-hydrogen) atoms. The van der Waals surface area contributed by atoms with Crippen LogP contribution in [0.4, 0.5) is 4.79 Å². The standard InChI is InChI=1S/C15H28N2O4/c1-5-9-21-11-7-6-8-17(10-11)14(20)16-12(13(18)19)15(2,3)4/h11-12H,5-10H2,1-4H3,(H,16,20)(H,18,19). The Bertz CT molecular complexity index is 365. The van der Waals surface area contributed by atoms with E-state index in [2.05, 4.69) is 5.32 Å². The van der Waals surface area contributed by atoms with E-state index in [4.69, 9.17) is 4.74 Å². The van der Waals surface area contributed by atoms with Gasteiger partial charge in [-0.1, -0.05) is 27.7 Å². The van der Waals surface area contributed by atoms with Gasteiger partial charge in [-0.2, -0.15) is 0 Å². The quantitative estimate of drug-likeness (QED) is 0.815. The molecule has 6 heteroatoms. The molecule has 122 valence electrons. The largest absolute Gasteiger partial charge is 0.480 e. The van der Waals surface area contributed by atoms with Gasteiger partial charge in [0.25, 0.3) is 0 Å². The zero-order valence-electron chi connectivity index (χ0n) is 13.5. The van der Waals surface area contributed by atoms with E-state index in [1.807, 2.05) is 6.92 Å². The Labute approximate surface area is 126 Å². The van der Waals surface area contributed by atoms with Crippen LogP contribution in [0.1, 0.15) is 47.0 Å². The maximum Gasteiger partial charge on any atom is 0.326 e. The van der Waals surface area contributed by atoms with Gasteiger partial charge in [0, 0.05) is 19.7 Å². The first-order valence-corrected chi connectivity index (χ1v) is 7.65. The van der Waals surface area contributed by atoms with Crippen LogP contribution >= 0.6 is 0 Å². The molecule has 2 N–H and O–H groups in total. The van der Waals surface area contributed by atoms with Crippen LogP contribution in [-0.2, 0) is 9.53 Å². The molecular formula is C15H28N2O4. The number of aliphatic carboxylic acids is 1. The highest BCUT2D eigenvalue weighted by Gasteiger charge is 2.34. The summed E-state index contributed by atoms with van der Waals surface area (Å²) in [5.41, 5.74) is -0.532. The van der Waals surface area contributed by atoms with Crippen LogP contribution in [0, 0.1) is 5.41 Å². The second-order valence-electron chi connectivity index (χ2n) is 6.67. The monoisotopic (exact) mass is 300 g/mol. The first-order valence-electron chi connectivity index (χ1n) is 7.65. The van der Waals surface area contributed by atoms with E-state index in [0.717, 1.165) is 19.3 Å². The number of carboxylic acid groups (broad SMARTS) is 1. The molecule has 1 aliphatic heterocycles. The van der Waals surface area contributed by atoms with Crippen molar-refractivity contribution < 1.29 is 19.4 Å². The zero-order chi connectivity index (χ0) is 16.0. The first-order chi connectivity index (χ1) is 9.75. The van der Waals surface area contributed by atoms with E-state index in [0.29, 0.717) is 19.7 Å². The number of carbonyl (C=O) groups is 2. The van der Waals surface area contributed by atoms with Crippen molar-refractivity contribution in [2.45, 2.75) is 59.1 Å². The molecule has 6 nitrogen and oxygen atoms in total. The molecular weight excluding hydrogens is 272 g/mol. The van der Waals surface area contributed by atoms with Gasteiger partial charge in [-0.25, -0.2) is 9.59 Å². The van der Waals surface area contributed by atoms with Crippen molar-refractivity contribution >= 4 is 12.0 Å². The zero-order valence-corrected chi connectivity index (χ0v) is 13.5. The van der Waals surface area contributed by atoms with Crippen molar-refractivity contribution in [3.05, 3.63) is 0 Å². The summed E-state index contributed by atoms with van der Waals surface area (Å²) in [6.07, 6.45) is 2.84. The molecule has 2 amide bonds. The fraction of sp³-hybridized carbons (Fsp3) is 0.867. The van der Waals surface area contributed by atoms with E-state index in [-0.39, 0.29) is 12.1 Å². The second kappa shape index (κ2) is 7.64. The fourth-order valence-electron chi connectivity index (χ4n) is 2.41. The number of carbonyl (C=O) groups excluding carboxylic acids is 1. The van der Waals surface area contributed by atoms with E-state index < -0.39 is 17.4 Å². The molecule has 0 spiro atoms. The molecule has 1 fully saturated rings. The Morgan fingerprint density at radius 2 is 2.10 bits per heavy atom. The molecule has 0 saturated carbocycles. The summed E-state index contributed by atoms with van der Waals surface area (Å²) in [6.45, 7) is 9.32. The third-order valence-corrected chi connectivity index (χ3v) is 3.60. The van der Waals surface area contributed by atoms with Crippen molar-refractivity contribution in [2.24, 2.45) is 5.41 Å². The van der Waals surface area contributed by atoms with Crippen LogP contribution in [0.5, 0.6) is 0 Å². The van der Waals surface area contributed by atoms with Gasteiger partial charge in [0.1, 0.15) is 6.04 Å². The number of hydrogen-bond donors (Lipinski definition) is 2.